The smallest absolute Gasteiger partial charge is 0.278 e. The summed E-state index contributed by atoms with van der Waals surface area (Å²) in [5.41, 5.74) is 2.74. The molecule has 2 heterocycles. The third-order valence-electron chi connectivity index (χ3n) is 5.86. The van der Waals surface area contributed by atoms with Crippen molar-refractivity contribution in [2.45, 2.75) is 33.2 Å². The van der Waals surface area contributed by atoms with Crippen molar-refractivity contribution < 1.29 is 18.8 Å². The summed E-state index contributed by atoms with van der Waals surface area (Å²) in [6.07, 6.45) is 2.05. The van der Waals surface area contributed by atoms with Gasteiger partial charge in [-0.1, -0.05) is 31.2 Å². The van der Waals surface area contributed by atoms with Crippen LogP contribution in [-0.2, 0) is 20.9 Å². The second-order valence-electron chi connectivity index (χ2n) is 8.50. The second kappa shape index (κ2) is 8.94. The van der Waals surface area contributed by atoms with Crippen LogP contribution in [0, 0.1) is 11.7 Å². The van der Waals surface area contributed by atoms with Gasteiger partial charge in [0.2, 0.25) is 5.91 Å². The molecule has 2 aliphatic heterocycles. The summed E-state index contributed by atoms with van der Waals surface area (Å²) < 4.78 is 13.3. The van der Waals surface area contributed by atoms with Crippen molar-refractivity contribution in [2.24, 2.45) is 5.92 Å². The summed E-state index contributed by atoms with van der Waals surface area (Å²) >= 11 is 0. The van der Waals surface area contributed by atoms with Gasteiger partial charge in [-0.15, -0.1) is 0 Å². The molecule has 1 saturated heterocycles. The molecule has 7 heteroatoms. The third kappa shape index (κ3) is 4.42. The molecule has 1 N–H and O–H groups in total. The number of benzene rings is 2. The Hall–Kier alpha value is -3.48. The minimum Gasteiger partial charge on any atom is -0.366 e. The van der Waals surface area contributed by atoms with Crippen LogP contribution in [0.2, 0.25) is 0 Å². The molecule has 3 amide bonds. The Labute approximate surface area is 186 Å². The lowest BCUT2D eigenvalue weighted by molar-refractivity contribution is -0.138. The number of nitrogens with zero attached hydrogens (tertiary/aromatic N) is 2. The first-order chi connectivity index (χ1) is 15.3. The van der Waals surface area contributed by atoms with E-state index in [1.54, 1.807) is 36.4 Å². The van der Waals surface area contributed by atoms with E-state index >= 15 is 0 Å². The number of amides is 3. The lowest BCUT2D eigenvalue weighted by atomic mass is 9.97. The van der Waals surface area contributed by atoms with Crippen LogP contribution in [-0.4, -0.2) is 40.6 Å². The number of carbonyl (C=O) groups is 3. The zero-order valence-electron chi connectivity index (χ0n) is 18.2. The Bertz CT molecular complexity index is 1080. The van der Waals surface area contributed by atoms with Gasteiger partial charge in [0.15, 0.2) is 0 Å². The second-order valence-corrected chi connectivity index (χ2v) is 8.50. The van der Waals surface area contributed by atoms with Gasteiger partial charge in [-0.05, 0) is 54.2 Å². The monoisotopic (exact) mass is 435 g/mol. The van der Waals surface area contributed by atoms with Crippen molar-refractivity contribution >= 4 is 29.0 Å². The maximum atomic E-state index is 13.5. The van der Waals surface area contributed by atoms with Gasteiger partial charge in [0.1, 0.15) is 11.5 Å². The molecule has 0 radical (unpaired) electrons. The first kappa shape index (κ1) is 21.7. The van der Waals surface area contributed by atoms with Crippen molar-refractivity contribution in [2.75, 3.05) is 18.4 Å². The molecular weight excluding hydrogens is 409 g/mol. The van der Waals surface area contributed by atoms with Crippen LogP contribution in [0.4, 0.5) is 10.1 Å². The van der Waals surface area contributed by atoms with E-state index < -0.39 is 0 Å². The van der Waals surface area contributed by atoms with Crippen molar-refractivity contribution in [1.29, 1.82) is 0 Å². The van der Waals surface area contributed by atoms with E-state index in [0.717, 1.165) is 19.4 Å². The van der Waals surface area contributed by atoms with Gasteiger partial charge in [0.05, 0.1) is 12.1 Å². The number of halogens is 1. The molecule has 2 aromatic carbocycles. The molecule has 4 rings (SSSR count). The van der Waals surface area contributed by atoms with Gasteiger partial charge in [0, 0.05) is 25.7 Å². The average molecular weight is 435 g/mol. The largest absolute Gasteiger partial charge is 0.366 e. The van der Waals surface area contributed by atoms with Gasteiger partial charge in [-0.3, -0.25) is 19.3 Å². The van der Waals surface area contributed by atoms with Crippen molar-refractivity contribution in [1.82, 2.24) is 9.80 Å². The Kier molecular flexibility index (Phi) is 6.08. The molecule has 1 fully saturated rings. The predicted molar refractivity (Wildman–Crippen MR) is 120 cm³/mol. The predicted octanol–water partition coefficient (Wildman–Crippen LogP) is 3.80. The molecule has 0 saturated carbocycles. The number of anilines is 1. The van der Waals surface area contributed by atoms with E-state index in [0.29, 0.717) is 40.5 Å². The van der Waals surface area contributed by atoms with E-state index in [1.807, 2.05) is 4.90 Å². The number of hydrogen-bond donors (Lipinski definition) is 1. The number of hydrogen-bond acceptors (Lipinski definition) is 4. The van der Waals surface area contributed by atoms with Crippen LogP contribution in [0.25, 0.3) is 5.57 Å². The Morgan fingerprint density at radius 1 is 1.06 bits per heavy atom. The molecule has 0 bridgehead atoms. The van der Waals surface area contributed by atoms with E-state index in [9.17, 15) is 18.8 Å². The summed E-state index contributed by atoms with van der Waals surface area (Å²) in [6, 6.07) is 12.8. The van der Waals surface area contributed by atoms with Gasteiger partial charge >= 0.3 is 0 Å². The van der Waals surface area contributed by atoms with Gasteiger partial charge in [-0.25, -0.2) is 4.39 Å². The zero-order chi connectivity index (χ0) is 22.8. The molecule has 0 aliphatic carbocycles. The zero-order valence-corrected chi connectivity index (χ0v) is 18.2. The van der Waals surface area contributed by atoms with E-state index in [2.05, 4.69) is 12.2 Å². The standard InChI is InChI=1S/C25H26FN3O3/c1-16-4-3-13-28(14-16)23-22(19-7-11-21(12-8-19)27-17(2)30)24(31)29(25(23)32)15-18-5-9-20(26)10-6-18/h5-12,16H,3-4,13-15H2,1-2H3,(H,27,30). The van der Waals surface area contributed by atoms with E-state index in [1.165, 1.54) is 24.0 Å². The molecule has 2 aliphatic rings. The number of imide groups is 1. The van der Waals surface area contributed by atoms with Crippen molar-refractivity contribution in [3.63, 3.8) is 0 Å². The summed E-state index contributed by atoms with van der Waals surface area (Å²) in [5.74, 6) is -0.811. The fourth-order valence-electron chi connectivity index (χ4n) is 4.35. The van der Waals surface area contributed by atoms with Crippen LogP contribution in [0.5, 0.6) is 0 Å². The lowest BCUT2D eigenvalue weighted by Gasteiger charge is -2.33. The SMILES string of the molecule is CC(=O)Nc1ccc(C2=C(N3CCCC(C)C3)C(=O)N(Cc3ccc(F)cc3)C2=O)cc1. The van der Waals surface area contributed by atoms with Crippen LogP contribution in [0.3, 0.4) is 0 Å². The number of piperidine rings is 1. The number of carbonyl (C=O) groups excluding carboxylic acids is 3. The molecule has 1 unspecified atom stereocenters. The number of likely N-dealkylation sites (tertiary alicyclic amines) is 1. The highest BCUT2D eigenvalue weighted by Crippen LogP contribution is 2.35. The average Bonchev–Trinajstić information content (AvgIpc) is 3.00. The normalized spacial score (nSPS) is 19.0. The molecule has 2 aromatic rings. The summed E-state index contributed by atoms with van der Waals surface area (Å²) in [4.78, 5) is 41.5. The number of nitrogens with one attached hydrogen (secondary N) is 1. The first-order valence-corrected chi connectivity index (χ1v) is 10.8. The Morgan fingerprint density at radius 3 is 2.38 bits per heavy atom. The first-order valence-electron chi connectivity index (χ1n) is 10.8. The van der Waals surface area contributed by atoms with Gasteiger partial charge in [0.25, 0.3) is 11.8 Å². The topological polar surface area (TPSA) is 69.7 Å². The Morgan fingerprint density at radius 2 is 1.75 bits per heavy atom. The number of rotatable bonds is 5. The highest BCUT2D eigenvalue weighted by Gasteiger charge is 2.42. The van der Waals surface area contributed by atoms with Crippen molar-refractivity contribution in [3.8, 4) is 0 Å². The fourth-order valence-corrected chi connectivity index (χ4v) is 4.35. The lowest BCUT2D eigenvalue weighted by Crippen LogP contribution is -2.39. The van der Waals surface area contributed by atoms with Crippen LogP contribution >= 0.6 is 0 Å². The minimum atomic E-state index is -0.367. The fraction of sp³-hybridized carbons (Fsp3) is 0.320. The highest BCUT2D eigenvalue weighted by molar-refractivity contribution is 6.35. The van der Waals surface area contributed by atoms with E-state index in [4.69, 9.17) is 0 Å². The summed E-state index contributed by atoms with van der Waals surface area (Å²) in [5, 5.41) is 2.71. The maximum absolute atomic E-state index is 13.5. The Balaban J connectivity index is 1.70. The third-order valence-corrected chi connectivity index (χ3v) is 5.86. The molecular formula is C25H26FN3O3. The summed E-state index contributed by atoms with van der Waals surface area (Å²) in [6.45, 7) is 5.09. The van der Waals surface area contributed by atoms with Gasteiger partial charge in [-0.2, -0.15) is 0 Å². The van der Waals surface area contributed by atoms with Crippen LogP contribution in [0.15, 0.2) is 54.2 Å². The molecule has 0 spiro atoms. The molecule has 1 atom stereocenters. The quantitative estimate of drug-likeness (QED) is 0.726. The molecule has 0 aromatic heterocycles. The van der Waals surface area contributed by atoms with Crippen molar-refractivity contribution in [3.05, 3.63) is 71.2 Å². The molecule has 166 valence electrons. The minimum absolute atomic E-state index is 0.0817. The highest BCUT2D eigenvalue weighted by atomic mass is 19.1. The summed E-state index contributed by atoms with van der Waals surface area (Å²) in [7, 11) is 0. The van der Waals surface area contributed by atoms with Crippen LogP contribution < -0.4 is 5.32 Å². The molecule has 32 heavy (non-hydrogen) atoms. The van der Waals surface area contributed by atoms with Crippen LogP contribution in [0.1, 0.15) is 37.8 Å². The maximum Gasteiger partial charge on any atom is 0.278 e. The van der Waals surface area contributed by atoms with E-state index in [-0.39, 0.29) is 30.1 Å². The van der Waals surface area contributed by atoms with Gasteiger partial charge < -0.3 is 10.2 Å². The molecule has 6 nitrogen and oxygen atoms in total.